The van der Waals surface area contributed by atoms with Gasteiger partial charge in [-0.1, -0.05) is 50.8 Å². The Kier molecular flexibility index (Phi) is 10.2. The number of para-hydroxylation sites is 1. The van der Waals surface area contributed by atoms with Crippen molar-refractivity contribution in [2.24, 2.45) is 0 Å². The van der Waals surface area contributed by atoms with E-state index in [2.05, 4.69) is 6.92 Å². The molecule has 1 atom stereocenters. The topological polar surface area (TPSA) is 85.2 Å². The largest absolute Gasteiger partial charge is 0.491 e. The van der Waals surface area contributed by atoms with Gasteiger partial charge in [0, 0.05) is 0 Å². The van der Waals surface area contributed by atoms with Gasteiger partial charge < -0.3 is 19.3 Å². The van der Waals surface area contributed by atoms with Crippen molar-refractivity contribution < 1.29 is 28.3 Å². The van der Waals surface area contributed by atoms with Crippen LogP contribution in [0.3, 0.4) is 0 Å². The Morgan fingerprint density at radius 1 is 1.09 bits per heavy atom. The van der Waals surface area contributed by atoms with E-state index in [1.807, 2.05) is 30.3 Å². The lowest BCUT2D eigenvalue weighted by Crippen LogP contribution is -2.21. The molecule has 0 aliphatic heterocycles. The summed E-state index contributed by atoms with van der Waals surface area (Å²) < 4.78 is 26.7. The molecular formula is C16H27O6P. The Hall–Kier alpha value is -0.910. The van der Waals surface area contributed by atoms with Gasteiger partial charge in [-0.25, -0.2) is 4.57 Å². The van der Waals surface area contributed by atoms with Crippen LogP contribution in [0.1, 0.15) is 39.0 Å². The van der Waals surface area contributed by atoms with Crippen molar-refractivity contribution >= 4 is 7.82 Å². The number of unbranched alkanes of at least 4 members (excludes halogenated alkanes) is 3. The van der Waals surface area contributed by atoms with Crippen LogP contribution in [0.4, 0.5) is 0 Å². The van der Waals surface area contributed by atoms with Gasteiger partial charge in [-0.15, -0.1) is 0 Å². The van der Waals surface area contributed by atoms with Gasteiger partial charge in [0.15, 0.2) is 0 Å². The second kappa shape index (κ2) is 11.6. The molecule has 0 amide bonds. The Bertz CT molecular complexity index is 447. The van der Waals surface area contributed by atoms with Crippen molar-refractivity contribution in [2.75, 3.05) is 19.8 Å². The van der Waals surface area contributed by atoms with Crippen LogP contribution in [0, 0.1) is 0 Å². The van der Waals surface area contributed by atoms with Crippen LogP contribution in [-0.4, -0.2) is 35.7 Å². The Morgan fingerprint density at radius 3 is 2.48 bits per heavy atom. The van der Waals surface area contributed by atoms with Crippen molar-refractivity contribution in [3.8, 4) is 5.75 Å². The minimum atomic E-state index is -4.49. The maximum Gasteiger partial charge on any atom is 0.469 e. The van der Waals surface area contributed by atoms with E-state index in [0.29, 0.717) is 19.6 Å². The number of phosphoric acid groups is 1. The fraction of sp³-hybridized carbons (Fsp3) is 0.625. The first-order valence-electron chi connectivity index (χ1n) is 8.01. The molecule has 6 nitrogen and oxygen atoms in total. The molecule has 0 aliphatic carbocycles. The van der Waals surface area contributed by atoms with Gasteiger partial charge >= 0.3 is 7.82 Å². The fourth-order valence-electron chi connectivity index (χ4n) is 2.11. The number of ether oxygens (including phenoxy) is 2. The van der Waals surface area contributed by atoms with E-state index < -0.39 is 13.9 Å². The fourth-order valence-corrected chi connectivity index (χ4v) is 2.66. The predicted octanol–water partition coefficient (Wildman–Crippen LogP) is 3.53. The average Bonchev–Trinajstić information content (AvgIpc) is 2.50. The van der Waals surface area contributed by atoms with Crippen molar-refractivity contribution in [3.05, 3.63) is 30.3 Å². The first kappa shape index (κ1) is 20.1. The maximum atomic E-state index is 11.0. The number of phosphoric ester groups is 1. The van der Waals surface area contributed by atoms with Crippen molar-refractivity contribution in [1.82, 2.24) is 0 Å². The number of hydrogen-bond acceptors (Lipinski definition) is 4. The molecular weight excluding hydrogens is 319 g/mol. The summed E-state index contributed by atoms with van der Waals surface area (Å²) in [5.74, 6) is 0.763. The van der Waals surface area contributed by atoms with E-state index in [1.54, 1.807) is 0 Å². The van der Waals surface area contributed by atoms with Crippen molar-refractivity contribution in [2.45, 2.75) is 45.1 Å². The lowest BCUT2D eigenvalue weighted by Gasteiger charge is -2.18. The molecule has 0 saturated heterocycles. The standard InChI is InChI=1S/C16H27O6P/c1-2-3-4-6-11-16(22-23(17,18)19)14-20-12-13-21-15-9-7-5-8-10-15/h5,7-10,16H,2-4,6,11-14H2,1H3,(H2,17,18,19). The van der Waals surface area contributed by atoms with Crippen LogP contribution in [0.2, 0.25) is 0 Å². The first-order valence-corrected chi connectivity index (χ1v) is 9.54. The third kappa shape index (κ3) is 11.3. The quantitative estimate of drug-likeness (QED) is 0.420. The number of benzene rings is 1. The predicted molar refractivity (Wildman–Crippen MR) is 88.4 cm³/mol. The van der Waals surface area contributed by atoms with Crippen LogP contribution in [0.15, 0.2) is 30.3 Å². The highest BCUT2D eigenvalue weighted by Crippen LogP contribution is 2.38. The van der Waals surface area contributed by atoms with Crippen molar-refractivity contribution in [1.29, 1.82) is 0 Å². The van der Waals surface area contributed by atoms with Gasteiger partial charge in [-0.2, -0.15) is 0 Å². The summed E-state index contributed by atoms with van der Waals surface area (Å²) in [5, 5.41) is 0. The summed E-state index contributed by atoms with van der Waals surface area (Å²) in [6.45, 7) is 2.97. The number of hydrogen-bond donors (Lipinski definition) is 2. The highest BCUT2D eigenvalue weighted by Gasteiger charge is 2.22. The molecule has 0 heterocycles. The molecule has 2 N–H and O–H groups in total. The summed E-state index contributed by atoms with van der Waals surface area (Å²) >= 11 is 0. The summed E-state index contributed by atoms with van der Waals surface area (Å²) in [7, 11) is -4.49. The zero-order valence-electron chi connectivity index (χ0n) is 13.6. The second-order valence-corrected chi connectivity index (χ2v) is 6.50. The molecule has 23 heavy (non-hydrogen) atoms. The molecule has 132 valence electrons. The maximum absolute atomic E-state index is 11.0. The Balaban J connectivity index is 2.22. The molecule has 0 aliphatic rings. The summed E-state index contributed by atoms with van der Waals surface area (Å²) in [6.07, 6.45) is 4.08. The molecule has 0 spiro atoms. The summed E-state index contributed by atoms with van der Waals surface area (Å²) in [5.41, 5.74) is 0. The molecule has 1 unspecified atom stereocenters. The van der Waals surface area contributed by atoms with Gasteiger partial charge in [0.25, 0.3) is 0 Å². The van der Waals surface area contributed by atoms with E-state index in [9.17, 15) is 4.57 Å². The molecule has 0 radical (unpaired) electrons. The van der Waals surface area contributed by atoms with Gasteiger partial charge in [0.2, 0.25) is 0 Å². The van der Waals surface area contributed by atoms with Gasteiger partial charge in [-0.05, 0) is 18.6 Å². The monoisotopic (exact) mass is 346 g/mol. The van der Waals surface area contributed by atoms with Gasteiger partial charge in [0.05, 0.1) is 19.3 Å². The zero-order chi connectivity index (χ0) is 17.0. The van der Waals surface area contributed by atoms with E-state index in [4.69, 9.17) is 23.8 Å². The Morgan fingerprint density at radius 2 is 1.83 bits per heavy atom. The molecule has 7 heteroatoms. The molecule has 1 aromatic rings. The lowest BCUT2D eigenvalue weighted by molar-refractivity contribution is 0.0182. The van der Waals surface area contributed by atoms with Crippen LogP contribution in [-0.2, 0) is 13.8 Å². The van der Waals surface area contributed by atoms with Crippen molar-refractivity contribution in [3.63, 3.8) is 0 Å². The Labute approximate surface area is 138 Å². The minimum absolute atomic E-state index is 0.148. The first-order chi connectivity index (χ1) is 11.0. The van der Waals surface area contributed by atoms with E-state index in [-0.39, 0.29) is 6.61 Å². The highest BCUT2D eigenvalue weighted by molar-refractivity contribution is 7.46. The van der Waals surface area contributed by atoms with Crippen LogP contribution in [0.5, 0.6) is 5.75 Å². The summed E-state index contributed by atoms with van der Waals surface area (Å²) in [6, 6.07) is 9.39. The van der Waals surface area contributed by atoms with E-state index >= 15 is 0 Å². The minimum Gasteiger partial charge on any atom is -0.491 e. The third-order valence-electron chi connectivity index (χ3n) is 3.21. The summed E-state index contributed by atoms with van der Waals surface area (Å²) in [4.78, 5) is 17.9. The highest BCUT2D eigenvalue weighted by atomic mass is 31.2. The molecule has 1 aromatic carbocycles. The SMILES string of the molecule is CCCCCCC(COCCOc1ccccc1)OP(=O)(O)O. The lowest BCUT2D eigenvalue weighted by atomic mass is 10.1. The molecule has 0 saturated carbocycles. The van der Waals surface area contributed by atoms with E-state index in [1.165, 1.54) is 0 Å². The normalized spacial score (nSPS) is 13.0. The molecule has 0 fully saturated rings. The zero-order valence-corrected chi connectivity index (χ0v) is 14.5. The second-order valence-electron chi connectivity index (χ2n) is 5.30. The molecule has 1 rings (SSSR count). The molecule has 0 aromatic heterocycles. The van der Waals surface area contributed by atoms with Gasteiger partial charge in [-0.3, -0.25) is 4.52 Å². The van der Waals surface area contributed by atoms with E-state index in [0.717, 1.165) is 31.4 Å². The number of rotatable bonds is 13. The van der Waals surface area contributed by atoms with Crippen LogP contribution < -0.4 is 4.74 Å². The average molecular weight is 346 g/mol. The van der Waals surface area contributed by atoms with Crippen LogP contribution >= 0.6 is 7.82 Å². The smallest absolute Gasteiger partial charge is 0.469 e. The van der Waals surface area contributed by atoms with Gasteiger partial charge in [0.1, 0.15) is 12.4 Å². The van der Waals surface area contributed by atoms with Crippen LogP contribution in [0.25, 0.3) is 0 Å². The third-order valence-corrected chi connectivity index (χ3v) is 3.78. The molecule has 0 bridgehead atoms.